The predicted molar refractivity (Wildman–Crippen MR) is 99.5 cm³/mol. The van der Waals surface area contributed by atoms with Gasteiger partial charge in [-0.3, -0.25) is 4.79 Å². The molecular formula is C17H20N4O2S2. The van der Waals surface area contributed by atoms with Crippen LogP contribution in [0.25, 0.3) is 0 Å². The average Bonchev–Trinajstić information content (AvgIpc) is 3.01. The van der Waals surface area contributed by atoms with E-state index in [4.69, 9.17) is 9.72 Å². The number of hydrogen-bond donors (Lipinski definition) is 0. The van der Waals surface area contributed by atoms with Crippen molar-refractivity contribution in [3.8, 4) is 0 Å². The van der Waals surface area contributed by atoms with E-state index in [2.05, 4.69) is 10.00 Å². The highest BCUT2D eigenvalue weighted by Gasteiger charge is 2.31. The van der Waals surface area contributed by atoms with Gasteiger partial charge >= 0.3 is 0 Å². The Morgan fingerprint density at radius 3 is 3.08 bits per heavy atom. The molecule has 5 rings (SSSR count). The van der Waals surface area contributed by atoms with Gasteiger partial charge in [0.25, 0.3) is 5.56 Å². The lowest BCUT2D eigenvalue weighted by Gasteiger charge is -2.39. The summed E-state index contributed by atoms with van der Waals surface area (Å²) in [6.45, 7) is 4.10. The molecule has 0 aromatic carbocycles. The van der Waals surface area contributed by atoms with E-state index in [9.17, 15) is 4.79 Å². The molecular weight excluding hydrogens is 356 g/mol. The Labute approximate surface area is 154 Å². The van der Waals surface area contributed by atoms with Crippen molar-refractivity contribution in [1.82, 2.24) is 14.8 Å². The molecule has 1 saturated heterocycles. The van der Waals surface area contributed by atoms with Crippen LogP contribution in [0.5, 0.6) is 0 Å². The van der Waals surface area contributed by atoms with Gasteiger partial charge in [0.2, 0.25) is 0 Å². The molecule has 0 aliphatic carbocycles. The zero-order chi connectivity index (χ0) is 16.8. The molecule has 0 amide bonds. The Morgan fingerprint density at radius 2 is 2.20 bits per heavy atom. The van der Waals surface area contributed by atoms with E-state index in [1.54, 1.807) is 22.1 Å². The topological polar surface area (TPSA) is 60.2 Å². The molecule has 0 bridgehead atoms. The van der Waals surface area contributed by atoms with Crippen molar-refractivity contribution in [3.05, 3.63) is 38.2 Å². The van der Waals surface area contributed by atoms with Crippen LogP contribution in [0.3, 0.4) is 0 Å². The Morgan fingerprint density at radius 1 is 1.28 bits per heavy atom. The minimum absolute atomic E-state index is 0.0431. The second kappa shape index (κ2) is 6.41. The average molecular weight is 377 g/mol. The first kappa shape index (κ1) is 15.8. The lowest BCUT2D eigenvalue weighted by molar-refractivity contribution is 0.112. The molecule has 3 aliphatic rings. The normalized spacial score (nSPS) is 20.1. The van der Waals surface area contributed by atoms with Crippen molar-refractivity contribution < 1.29 is 4.74 Å². The number of aromatic nitrogens is 3. The van der Waals surface area contributed by atoms with Crippen LogP contribution in [0.4, 0.5) is 5.13 Å². The van der Waals surface area contributed by atoms with Crippen LogP contribution in [0.1, 0.15) is 21.8 Å². The third-order valence-corrected chi connectivity index (χ3v) is 7.19. The molecule has 132 valence electrons. The number of fused-ring (bicyclic) bond motifs is 2. The highest BCUT2D eigenvalue weighted by atomic mass is 32.2. The molecule has 8 heteroatoms. The molecule has 6 nitrogen and oxygen atoms in total. The molecule has 5 heterocycles. The van der Waals surface area contributed by atoms with Gasteiger partial charge in [-0.25, -0.2) is 9.67 Å². The summed E-state index contributed by atoms with van der Waals surface area (Å²) >= 11 is 3.63. The molecule has 25 heavy (non-hydrogen) atoms. The first-order valence-electron chi connectivity index (χ1n) is 8.75. The van der Waals surface area contributed by atoms with Crippen LogP contribution < -0.4 is 10.5 Å². The number of ether oxygens (including phenoxy) is 1. The van der Waals surface area contributed by atoms with Gasteiger partial charge in [0.05, 0.1) is 36.0 Å². The summed E-state index contributed by atoms with van der Waals surface area (Å²) in [5.41, 5.74) is 3.49. The highest BCUT2D eigenvalue weighted by Crippen LogP contribution is 2.33. The van der Waals surface area contributed by atoms with E-state index in [1.807, 2.05) is 11.8 Å². The Bertz CT molecular complexity index is 833. The van der Waals surface area contributed by atoms with E-state index in [-0.39, 0.29) is 5.56 Å². The Hall–Kier alpha value is -1.38. The van der Waals surface area contributed by atoms with E-state index in [1.165, 1.54) is 10.6 Å². The maximum atomic E-state index is 12.3. The van der Waals surface area contributed by atoms with Gasteiger partial charge < -0.3 is 9.64 Å². The largest absolute Gasteiger partial charge is 0.375 e. The monoisotopic (exact) mass is 376 g/mol. The number of hydrogen-bond acceptors (Lipinski definition) is 7. The summed E-state index contributed by atoms with van der Waals surface area (Å²) in [5, 5.41) is 5.73. The Kier molecular flexibility index (Phi) is 4.06. The predicted octanol–water partition coefficient (Wildman–Crippen LogP) is 1.70. The van der Waals surface area contributed by atoms with Crippen LogP contribution in [0, 0.1) is 5.92 Å². The van der Waals surface area contributed by atoms with Crippen molar-refractivity contribution in [3.63, 3.8) is 0 Å². The van der Waals surface area contributed by atoms with E-state index in [0.717, 1.165) is 60.4 Å². The summed E-state index contributed by atoms with van der Waals surface area (Å²) in [6, 6.07) is 1.79. The van der Waals surface area contributed by atoms with Crippen molar-refractivity contribution in [2.75, 3.05) is 30.3 Å². The second-order valence-electron chi connectivity index (χ2n) is 6.88. The van der Waals surface area contributed by atoms with Gasteiger partial charge in [0.15, 0.2) is 5.13 Å². The number of thioether (sulfide) groups is 1. The van der Waals surface area contributed by atoms with E-state index in [0.29, 0.717) is 19.1 Å². The van der Waals surface area contributed by atoms with Gasteiger partial charge in [-0.1, -0.05) is 11.3 Å². The van der Waals surface area contributed by atoms with Gasteiger partial charge in [0, 0.05) is 43.7 Å². The number of rotatable bonds is 3. The molecule has 0 spiro atoms. The molecule has 3 aliphatic heterocycles. The lowest BCUT2D eigenvalue weighted by atomic mass is 10.0. The standard InChI is InChI=1S/C17H20N4O2S2/c22-16-5-12-10-24-4-2-13(12)19-21(16)8-11-6-20(7-11)17-18-14-1-3-23-9-15(14)25-17/h5,11H,1-4,6-10H2. The fourth-order valence-corrected chi connectivity index (χ4v) is 5.63. The van der Waals surface area contributed by atoms with E-state index < -0.39 is 0 Å². The van der Waals surface area contributed by atoms with Crippen molar-refractivity contribution in [2.24, 2.45) is 5.92 Å². The van der Waals surface area contributed by atoms with Crippen LogP contribution in [-0.4, -0.2) is 40.2 Å². The number of nitrogens with zero attached hydrogens (tertiary/aromatic N) is 4. The molecule has 2 aromatic heterocycles. The Balaban J connectivity index is 1.25. The number of thiazole rings is 1. The van der Waals surface area contributed by atoms with Crippen LogP contribution in [0.2, 0.25) is 0 Å². The summed E-state index contributed by atoms with van der Waals surface area (Å²) in [7, 11) is 0. The minimum atomic E-state index is 0.0431. The molecule has 1 fully saturated rings. The third kappa shape index (κ3) is 3.00. The molecule has 0 saturated carbocycles. The molecule has 0 radical (unpaired) electrons. The smallest absolute Gasteiger partial charge is 0.267 e. The molecule has 0 atom stereocenters. The zero-order valence-electron chi connectivity index (χ0n) is 13.9. The van der Waals surface area contributed by atoms with Gasteiger partial charge in [0.1, 0.15) is 0 Å². The third-order valence-electron chi connectivity index (χ3n) is 5.05. The van der Waals surface area contributed by atoms with Crippen molar-refractivity contribution in [1.29, 1.82) is 0 Å². The maximum Gasteiger partial charge on any atom is 0.267 e. The van der Waals surface area contributed by atoms with Crippen LogP contribution >= 0.6 is 23.1 Å². The summed E-state index contributed by atoms with van der Waals surface area (Å²) < 4.78 is 7.18. The number of aryl methyl sites for hydroxylation is 1. The zero-order valence-corrected chi connectivity index (χ0v) is 15.6. The SMILES string of the molecule is O=c1cc2c(nn1CC1CN(c3nc4c(s3)COCC4)C1)CCSC2. The van der Waals surface area contributed by atoms with Gasteiger partial charge in [-0.05, 0) is 11.3 Å². The highest BCUT2D eigenvalue weighted by molar-refractivity contribution is 7.98. The van der Waals surface area contributed by atoms with Crippen LogP contribution in [-0.2, 0) is 36.5 Å². The quantitative estimate of drug-likeness (QED) is 0.813. The minimum Gasteiger partial charge on any atom is -0.375 e. The fourth-order valence-electron chi connectivity index (χ4n) is 3.62. The molecule has 2 aromatic rings. The van der Waals surface area contributed by atoms with Crippen molar-refractivity contribution in [2.45, 2.75) is 31.7 Å². The van der Waals surface area contributed by atoms with Crippen molar-refractivity contribution >= 4 is 28.2 Å². The first-order chi connectivity index (χ1) is 12.3. The number of anilines is 1. The van der Waals surface area contributed by atoms with Crippen LogP contribution in [0.15, 0.2) is 10.9 Å². The lowest BCUT2D eigenvalue weighted by Crippen LogP contribution is -2.49. The first-order valence-corrected chi connectivity index (χ1v) is 10.7. The molecule has 0 N–H and O–H groups in total. The summed E-state index contributed by atoms with van der Waals surface area (Å²) in [5.74, 6) is 2.50. The van der Waals surface area contributed by atoms with Gasteiger partial charge in [-0.15, -0.1) is 0 Å². The fraction of sp³-hybridized carbons (Fsp3) is 0.588. The van der Waals surface area contributed by atoms with E-state index >= 15 is 0 Å². The second-order valence-corrected chi connectivity index (χ2v) is 9.05. The van der Waals surface area contributed by atoms with Gasteiger partial charge in [-0.2, -0.15) is 16.9 Å². The summed E-state index contributed by atoms with van der Waals surface area (Å²) in [4.78, 5) is 20.7. The molecule has 0 unspecified atom stereocenters. The summed E-state index contributed by atoms with van der Waals surface area (Å²) in [6.07, 6.45) is 1.90. The maximum absolute atomic E-state index is 12.3.